The van der Waals surface area contributed by atoms with Crippen LogP contribution in [0.25, 0.3) is 10.2 Å². The van der Waals surface area contributed by atoms with Crippen molar-refractivity contribution >= 4 is 50.8 Å². The molecule has 16 heavy (non-hydrogen) atoms. The van der Waals surface area contributed by atoms with Crippen LogP contribution in [0.5, 0.6) is 0 Å². The third-order valence-corrected chi connectivity index (χ3v) is 4.32. The molecule has 0 saturated heterocycles. The highest BCUT2D eigenvalue weighted by Gasteiger charge is 2.05. The van der Waals surface area contributed by atoms with Crippen LogP contribution >= 0.6 is 34.7 Å². The van der Waals surface area contributed by atoms with E-state index >= 15 is 0 Å². The number of carbonyl (C=O) groups excluding carboxylic acids is 1. The van der Waals surface area contributed by atoms with Gasteiger partial charge in [-0.1, -0.05) is 23.4 Å². The zero-order valence-corrected chi connectivity index (χ0v) is 10.7. The molecule has 2 aromatic rings. The Labute approximate surface area is 106 Å². The number of carbonyl (C=O) groups is 1. The number of rotatable bonds is 4. The average molecular weight is 273 g/mol. The molecule has 1 heterocycles. The number of amides is 1. The number of benzene rings is 1. The molecule has 0 bridgehead atoms. The van der Waals surface area contributed by atoms with Crippen LogP contribution in [0.15, 0.2) is 22.5 Å². The molecular weight excluding hydrogens is 264 g/mol. The molecule has 2 N–H and O–H groups in total. The summed E-state index contributed by atoms with van der Waals surface area (Å²) in [6, 6.07) is 5.64. The van der Waals surface area contributed by atoms with Crippen molar-refractivity contribution in [3.8, 4) is 0 Å². The van der Waals surface area contributed by atoms with Gasteiger partial charge in [-0.15, -0.1) is 11.3 Å². The Morgan fingerprint density at radius 2 is 2.38 bits per heavy atom. The van der Waals surface area contributed by atoms with Crippen molar-refractivity contribution < 1.29 is 4.79 Å². The number of thiazole rings is 1. The Morgan fingerprint density at radius 3 is 3.12 bits per heavy atom. The molecule has 1 aromatic heterocycles. The second kappa shape index (κ2) is 5.03. The zero-order valence-electron chi connectivity index (χ0n) is 8.27. The molecule has 1 aromatic carbocycles. The SMILES string of the molecule is NC(=O)CCSc1nc2cc(Cl)ccc2s1. The molecular formula is C10H9ClN2OS2. The summed E-state index contributed by atoms with van der Waals surface area (Å²) < 4.78 is 2.05. The lowest BCUT2D eigenvalue weighted by Crippen LogP contribution is -2.10. The highest BCUT2D eigenvalue weighted by atomic mass is 35.5. The van der Waals surface area contributed by atoms with Gasteiger partial charge >= 0.3 is 0 Å². The van der Waals surface area contributed by atoms with E-state index in [-0.39, 0.29) is 5.91 Å². The highest BCUT2D eigenvalue weighted by Crippen LogP contribution is 2.31. The van der Waals surface area contributed by atoms with Gasteiger partial charge in [-0.2, -0.15) is 0 Å². The van der Waals surface area contributed by atoms with Crippen LogP contribution in [0, 0.1) is 0 Å². The topological polar surface area (TPSA) is 56.0 Å². The summed E-state index contributed by atoms with van der Waals surface area (Å²) in [4.78, 5) is 15.0. The van der Waals surface area contributed by atoms with E-state index in [4.69, 9.17) is 17.3 Å². The molecule has 1 amide bonds. The Morgan fingerprint density at radius 1 is 1.56 bits per heavy atom. The molecule has 0 radical (unpaired) electrons. The maximum Gasteiger partial charge on any atom is 0.218 e. The normalized spacial score (nSPS) is 10.8. The van der Waals surface area contributed by atoms with Crippen LogP contribution in [0.3, 0.4) is 0 Å². The highest BCUT2D eigenvalue weighted by molar-refractivity contribution is 8.01. The van der Waals surface area contributed by atoms with Crippen molar-refractivity contribution in [3.05, 3.63) is 23.2 Å². The van der Waals surface area contributed by atoms with Crippen molar-refractivity contribution in [2.45, 2.75) is 10.8 Å². The van der Waals surface area contributed by atoms with E-state index in [1.54, 1.807) is 23.1 Å². The number of thioether (sulfide) groups is 1. The number of hydrogen-bond acceptors (Lipinski definition) is 4. The number of hydrogen-bond donors (Lipinski definition) is 1. The van der Waals surface area contributed by atoms with E-state index < -0.39 is 0 Å². The van der Waals surface area contributed by atoms with Crippen molar-refractivity contribution in [2.75, 3.05) is 5.75 Å². The summed E-state index contributed by atoms with van der Waals surface area (Å²) >= 11 is 9.01. The predicted octanol–water partition coefficient (Wildman–Crippen LogP) is 2.92. The number of aromatic nitrogens is 1. The fraction of sp³-hybridized carbons (Fsp3) is 0.200. The summed E-state index contributed by atoms with van der Waals surface area (Å²) in [5.74, 6) is 0.389. The Kier molecular flexibility index (Phi) is 3.68. The van der Waals surface area contributed by atoms with Crippen LogP contribution in [-0.2, 0) is 4.79 Å². The van der Waals surface area contributed by atoms with Gasteiger partial charge in [0, 0.05) is 17.2 Å². The second-order valence-electron chi connectivity index (χ2n) is 3.16. The van der Waals surface area contributed by atoms with Crippen molar-refractivity contribution in [1.29, 1.82) is 0 Å². The van der Waals surface area contributed by atoms with Gasteiger partial charge in [0.25, 0.3) is 0 Å². The van der Waals surface area contributed by atoms with Crippen LogP contribution in [0.1, 0.15) is 6.42 Å². The molecule has 6 heteroatoms. The van der Waals surface area contributed by atoms with Gasteiger partial charge in [0.2, 0.25) is 5.91 Å². The van der Waals surface area contributed by atoms with Crippen LogP contribution < -0.4 is 5.73 Å². The fourth-order valence-corrected chi connectivity index (χ4v) is 3.42. The van der Waals surface area contributed by atoms with Gasteiger partial charge in [-0.25, -0.2) is 4.98 Å². The number of nitrogens with two attached hydrogens (primary N) is 1. The fourth-order valence-electron chi connectivity index (χ4n) is 1.18. The molecule has 3 nitrogen and oxygen atoms in total. The maximum atomic E-state index is 10.6. The van der Waals surface area contributed by atoms with E-state index in [1.165, 1.54) is 0 Å². The molecule has 0 saturated carbocycles. The van der Waals surface area contributed by atoms with Crippen LogP contribution in [0.4, 0.5) is 0 Å². The number of halogens is 1. The van der Waals surface area contributed by atoms with E-state index in [2.05, 4.69) is 4.98 Å². The largest absolute Gasteiger partial charge is 0.370 e. The quantitative estimate of drug-likeness (QED) is 0.871. The molecule has 2 rings (SSSR count). The second-order valence-corrected chi connectivity index (χ2v) is 5.97. The lowest BCUT2D eigenvalue weighted by Gasteiger charge is -1.92. The molecule has 0 unspecified atom stereocenters. The Bertz CT molecular complexity index is 527. The van der Waals surface area contributed by atoms with Gasteiger partial charge in [0.05, 0.1) is 10.2 Å². The molecule has 0 aliphatic heterocycles. The summed E-state index contributed by atoms with van der Waals surface area (Å²) in [7, 11) is 0. The standard InChI is InChI=1S/C10H9ClN2OS2/c11-6-1-2-8-7(5-6)13-10(16-8)15-4-3-9(12)14/h1-2,5H,3-4H2,(H2,12,14). The summed E-state index contributed by atoms with van der Waals surface area (Å²) in [6.45, 7) is 0. The first-order chi connectivity index (χ1) is 7.65. The summed E-state index contributed by atoms with van der Waals surface area (Å²) in [5.41, 5.74) is 5.97. The maximum absolute atomic E-state index is 10.6. The smallest absolute Gasteiger partial charge is 0.218 e. The van der Waals surface area contributed by atoms with E-state index in [0.717, 1.165) is 14.6 Å². The summed E-state index contributed by atoms with van der Waals surface area (Å²) in [5, 5.41) is 0.687. The number of primary amides is 1. The monoisotopic (exact) mass is 272 g/mol. The Hall–Kier alpha value is -0.780. The van der Waals surface area contributed by atoms with Gasteiger partial charge in [0.15, 0.2) is 4.34 Å². The number of fused-ring (bicyclic) bond motifs is 1. The van der Waals surface area contributed by atoms with Gasteiger partial charge in [-0.05, 0) is 18.2 Å². The van der Waals surface area contributed by atoms with Crippen LogP contribution in [0.2, 0.25) is 5.02 Å². The first-order valence-corrected chi connectivity index (χ1v) is 6.80. The van der Waals surface area contributed by atoms with E-state index in [9.17, 15) is 4.79 Å². The minimum atomic E-state index is -0.281. The minimum absolute atomic E-state index is 0.281. The van der Waals surface area contributed by atoms with Crippen molar-refractivity contribution in [2.24, 2.45) is 5.73 Å². The lowest BCUT2D eigenvalue weighted by molar-refractivity contribution is -0.117. The van der Waals surface area contributed by atoms with Crippen molar-refractivity contribution in [1.82, 2.24) is 4.98 Å². The van der Waals surface area contributed by atoms with E-state index in [0.29, 0.717) is 17.2 Å². The zero-order chi connectivity index (χ0) is 11.5. The molecule has 0 spiro atoms. The van der Waals surface area contributed by atoms with Crippen LogP contribution in [-0.4, -0.2) is 16.6 Å². The first-order valence-electron chi connectivity index (χ1n) is 4.62. The number of nitrogens with zero attached hydrogens (tertiary/aromatic N) is 1. The molecule has 0 atom stereocenters. The summed E-state index contributed by atoms with van der Waals surface area (Å²) in [6.07, 6.45) is 0.376. The third kappa shape index (κ3) is 2.87. The minimum Gasteiger partial charge on any atom is -0.370 e. The predicted molar refractivity (Wildman–Crippen MR) is 69.2 cm³/mol. The first kappa shape index (κ1) is 11.7. The van der Waals surface area contributed by atoms with Gasteiger partial charge in [-0.3, -0.25) is 4.79 Å². The van der Waals surface area contributed by atoms with E-state index in [1.807, 2.05) is 18.2 Å². The van der Waals surface area contributed by atoms with Gasteiger partial charge < -0.3 is 5.73 Å². The third-order valence-electron chi connectivity index (χ3n) is 1.90. The molecule has 0 aliphatic carbocycles. The molecule has 0 fully saturated rings. The average Bonchev–Trinajstić information content (AvgIpc) is 2.58. The molecule has 0 aliphatic rings. The van der Waals surface area contributed by atoms with Gasteiger partial charge in [0.1, 0.15) is 0 Å². The van der Waals surface area contributed by atoms with Crippen molar-refractivity contribution in [3.63, 3.8) is 0 Å². The molecule has 84 valence electrons. The Balaban J connectivity index is 2.10. The lowest BCUT2D eigenvalue weighted by atomic mass is 10.3.